The van der Waals surface area contributed by atoms with Crippen molar-refractivity contribution in [2.24, 2.45) is 0 Å². The van der Waals surface area contributed by atoms with E-state index in [-0.39, 0.29) is 11.9 Å². The van der Waals surface area contributed by atoms with Crippen LogP contribution in [0.1, 0.15) is 28.8 Å². The maximum Gasteiger partial charge on any atom is 0.305 e. The van der Waals surface area contributed by atoms with Gasteiger partial charge in [0.15, 0.2) is 0 Å². The molecular weight excluding hydrogens is 238 g/mol. The molecule has 0 bridgehead atoms. The summed E-state index contributed by atoms with van der Waals surface area (Å²) < 4.78 is 4.54. The molecule has 1 aromatic rings. The molecule has 0 unspecified atom stereocenters. The highest BCUT2D eigenvalue weighted by Crippen LogP contribution is 2.15. The molecule has 0 atom stereocenters. The van der Waals surface area contributed by atoms with E-state index < -0.39 is 0 Å². The minimum atomic E-state index is -0.238. The number of nitrogens with zero attached hydrogens (tertiary/aromatic N) is 1. The minimum Gasteiger partial charge on any atom is -0.469 e. The van der Waals surface area contributed by atoms with Gasteiger partial charge < -0.3 is 9.64 Å². The first-order valence-corrected chi connectivity index (χ1v) is 6.35. The van der Waals surface area contributed by atoms with Crippen LogP contribution in [0, 0.1) is 6.92 Å². The molecule has 0 aromatic carbocycles. The number of esters is 1. The quantitative estimate of drug-likeness (QED) is 0.757. The minimum absolute atomic E-state index is 0.00798. The van der Waals surface area contributed by atoms with E-state index in [4.69, 9.17) is 0 Å². The monoisotopic (exact) mass is 255 g/mol. The summed E-state index contributed by atoms with van der Waals surface area (Å²) in [6.07, 6.45) is 0.967. The number of carbonyl (C=O) groups is 2. The van der Waals surface area contributed by atoms with E-state index in [2.05, 4.69) is 4.74 Å². The molecule has 0 spiro atoms. The molecule has 17 heavy (non-hydrogen) atoms. The molecule has 0 radical (unpaired) electrons. The van der Waals surface area contributed by atoms with E-state index in [1.54, 1.807) is 11.9 Å². The van der Waals surface area contributed by atoms with Crippen LogP contribution in [0.4, 0.5) is 0 Å². The zero-order valence-corrected chi connectivity index (χ0v) is 11.2. The Kier molecular flexibility index (Phi) is 5.15. The summed E-state index contributed by atoms with van der Waals surface area (Å²) in [7, 11) is 3.11. The van der Waals surface area contributed by atoms with Gasteiger partial charge in [-0.25, -0.2) is 0 Å². The van der Waals surface area contributed by atoms with Crippen molar-refractivity contribution >= 4 is 23.2 Å². The first-order valence-electron chi connectivity index (χ1n) is 5.41. The summed E-state index contributed by atoms with van der Waals surface area (Å²) in [5, 5.41) is 3.81. The second kappa shape index (κ2) is 6.39. The van der Waals surface area contributed by atoms with Crippen LogP contribution in [0.2, 0.25) is 0 Å². The normalized spacial score (nSPS) is 10.1. The Hall–Kier alpha value is -1.36. The van der Waals surface area contributed by atoms with Gasteiger partial charge in [-0.2, -0.15) is 11.3 Å². The molecule has 1 heterocycles. The van der Waals surface area contributed by atoms with Crippen LogP contribution < -0.4 is 0 Å². The third-order valence-corrected chi connectivity index (χ3v) is 3.40. The molecule has 0 saturated carbocycles. The average Bonchev–Trinajstić information content (AvgIpc) is 2.74. The van der Waals surface area contributed by atoms with Crippen molar-refractivity contribution in [3.05, 3.63) is 21.9 Å². The largest absolute Gasteiger partial charge is 0.469 e. The van der Waals surface area contributed by atoms with Gasteiger partial charge in [0.25, 0.3) is 5.91 Å². The van der Waals surface area contributed by atoms with Gasteiger partial charge in [-0.05, 0) is 24.3 Å². The maximum atomic E-state index is 12.0. The van der Waals surface area contributed by atoms with Crippen LogP contribution in [0.5, 0.6) is 0 Å². The van der Waals surface area contributed by atoms with Crippen molar-refractivity contribution in [1.82, 2.24) is 4.90 Å². The fourth-order valence-corrected chi connectivity index (χ4v) is 2.27. The van der Waals surface area contributed by atoms with Crippen LogP contribution in [-0.2, 0) is 9.53 Å². The summed E-state index contributed by atoms with van der Waals surface area (Å²) in [6.45, 7) is 2.48. The molecule has 4 nitrogen and oxygen atoms in total. The van der Waals surface area contributed by atoms with Crippen molar-refractivity contribution in [2.45, 2.75) is 19.8 Å². The van der Waals surface area contributed by atoms with Gasteiger partial charge in [-0.1, -0.05) is 0 Å². The van der Waals surface area contributed by atoms with Gasteiger partial charge in [0.05, 0.1) is 12.7 Å². The van der Waals surface area contributed by atoms with E-state index in [1.165, 1.54) is 18.4 Å². The van der Waals surface area contributed by atoms with Crippen LogP contribution in [0.15, 0.2) is 10.8 Å². The summed E-state index contributed by atoms with van der Waals surface area (Å²) in [5.41, 5.74) is 1.75. The van der Waals surface area contributed by atoms with Gasteiger partial charge in [0.2, 0.25) is 0 Å². The van der Waals surface area contributed by atoms with Crippen LogP contribution in [0.3, 0.4) is 0 Å². The van der Waals surface area contributed by atoms with Crippen molar-refractivity contribution < 1.29 is 14.3 Å². The Balaban J connectivity index is 2.43. The summed E-state index contributed by atoms with van der Waals surface area (Å²) in [6, 6.07) is 0. The molecule has 5 heteroatoms. The first-order chi connectivity index (χ1) is 8.06. The number of thiophene rings is 1. The summed E-state index contributed by atoms with van der Waals surface area (Å²) in [5.74, 6) is -0.230. The number of hydrogen-bond donors (Lipinski definition) is 0. The lowest BCUT2D eigenvalue weighted by atomic mass is 10.2. The maximum absolute atomic E-state index is 12.0. The number of ether oxygens (including phenoxy) is 1. The predicted octanol–water partition coefficient (Wildman–Crippen LogP) is 2.08. The van der Waals surface area contributed by atoms with Gasteiger partial charge in [-0.15, -0.1) is 0 Å². The molecule has 0 N–H and O–H groups in total. The number of rotatable bonds is 5. The number of hydrogen-bond acceptors (Lipinski definition) is 4. The Labute approximate surface area is 105 Å². The second-order valence-electron chi connectivity index (χ2n) is 3.87. The topological polar surface area (TPSA) is 46.6 Å². The van der Waals surface area contributed by atoms with E-state index in [0.29, 0.717) is 19.4 Å². The Morgan fingerprint density at radius 2 is 2.12 bits per heavy atom. The van der Waals surface area contributed by atoms with Crippen molar-refractivity contribution in [3.63, 3.8) is 0 Å². The lowest BCUT2D eigenvalue weighted by molar-refractivity contribution is -0.140. The Bertz CT molecular complexity index is 400. The third kappa shape index (κ3) is 3.85. The molecule has 94 valence electrons. The van der Waals surface area contributed by atoms with E-state index in [0.717, 1.165) is 11.1 Å². The van der Waals surface area contributed by atoms with Crippen molar-refractivity contribution in [2.75, 3.05) is 20.7 Å². The number of carbonyl (C=O) groups excluding carboxylic acids is 2. The van der Waals surface area contributed by atoms with E-state index in [9.17, 15) is 9.59 Å². The van der Waals surface area contributed by atoms with Crippen molar-refractivity contribution in [1.29, 1.82) is 0 Å². The van der Waals surface area contributed by atoms with E-state index >= 15 is 0 Å². The summed E-state index contributed by atoms with van der Waals surface area (Å²) >= 11 is 1.52. The van der Waals surface area contributed by atoms with Crippen LogP contribution in [-0.4, -0.2) is 37.5 Å². The van der Waals surface area contributed by atoms with Gasteiger partial charge >= 0.3 is 5.97 Å². The zero-order valence-electron chi connectivity index (χ0n) is 10.4. The predicted molar refractivity (Wildman–Crippen MR) is 67.3 cm³/mol. The second-order valence-corrected chi connectivity index (χ2v) is 4.62. The highest BCUT2D eigenvalue weighted by atomic mass is 32.1. The molecule has 0 fully saturated rings. The molecule has 0 saturated heterocycles. The third-order valence-electron chi connectivity index (χ3n) is 2.53. The average molecular weight is 255 g/mol. The molecular formula is C12H17NO3S. The molecule has 0 aliphatic heterocycles. The lowest BCUT2D eigenvalue weighted by Gasteiger charge is -2.16. The Morgan fingerprint density at radius 1 is 1.41 bits per heavy atom. The molecule has 0 aliphatic rings. The number of aryl methyl sites for hydroxylation is 1. The summed E-state index contributed by atoms with van der Waals surface area (Å²) in [4.78, 5) is 24.5. The lowest BCUT2D eigenvalue weighted by Crippen LogP contribution is -2.28. The molecule has 1 amide bonds. The smallest absolute Gasteiger partial charge is 0.305 e. The van der Waals surface area contributed by atoms with Crippen molar-refractivity contribution in [3.8, 4) is 0 Å². The SMILES string of the molecule is COC(=O)CCCN(C)C(=O)c1cscc1C. The number of methoxy groups -OCH3 is 1. The van der Waals surface area contributed by atoms with Gasteiger partial charge in [0, 0.05) is 25.4 Å². The molecule has 0 aliphatic carbocycles. The fraction of sp³-hybridized carbons (Fsp3) is 0.500. The van der Waals surface area contributed by atoms with Gasteiger partial charge in [-0.3, -0.25) is 9.59 Å². The van der Waals surface area contributed by atoms with Gasteiger partial charge in [0.1, 0.15) is 0 Å². The molecule has 1 rings (SSSR count). The highest BCUT2D eigenvalue weighted by Gasteiger charge is 2.14. The molecule has 1 aromatic heterocycles. The zero-order chi connectivity index (χ0) is 12.8. The van der Waals surface area contributed by atoms with Crippen LogP contribution in [0.25, 0.3) is 0 Å². The standard InChI is InChI=1S/C12H17NO3S/c1-9-7-17-8-10(9)12(15)13(2)6-4-5-11(14)16-3/h7-8H,4-6H2,1-3H3. The van der Waals surface area contributed by atoms with E-state index in [1.807, 2.05) is 17.7 Å². The first kappa shape index (κ1) is 13.7. The highest BCUT2D eigenvalue weighted by molar-refractivity contribution is 7.08. The fourth-order valence-electron chi connectivity index (χ4n) is 1.45. The number of amides is 1. The Morgan fingerprint density at radius 3 is 2.65 bits per heavy atom. The van der Waals surface area contributed by atoms with Crippen LogP contribution >= 0.6 is 11.3 Å².